The monoisotopic (exact) mass is 155 g/mol. The molecule has 0 aromatic rings. The smallest absolute Gasteiger partial charge is 0.322 e. The molecular formula is C8H16BO2. The van der Waals surface area contributed by atoms with Gasteiger partial charge in [-0.3, -0.25) is 0 Å². The predicted molar refractivity (Wildman–Crippen MR) is 47.4 cm³/mol. The standard InChI is InChI=1S/C8H16BO2/c1-5-9-11-8(3,4)6-7(2)10/h5,7,10H,1,6H2,2-4H3. The van der Waals surface area contributed by atoms with Crippen molar-refractivity contribution in [3.8, 4) is 0 Å². The lowest BCUT2D eigenvalue weighted by Gasteiger charge is -2.26. The molecule has 1 radical (unpaired) electrons. The van der Waals surface area contributed by atoms with Gasteiger partial charge in [0.1, 0.15) is 0 Å². The van der Waals surface area contributed by atoms with Crippen LogP contribution < -0.4 is 0 Å². The van der Waals surface area contributed by atoms with E-state index in [-0.39, 0.29) is 11.7 Å². The van der Waals surface area contributed by atoms with E-state index in [2.05, 4.69) is 6.58 Å². The maximum absolute atomic E-state index is 9.07. The Kier molecular flexibility index (Phi) is 4.46. The molecule has 0 aromatic heterocycles. The van der Waals surface area contributed by atoms with Crippen molar-refractivity contribution in [1.82, 2.24) is 0 Å². The van der Waals surface area contributed by atoms with Crippen LogP contribution in [0.3, 0.4) is 0 Å². The molecule has 0 heterocycles. The zero-order valence-corrected chi connectivity index (χ0v) is 7.50. The molecule has 0 spiro atoms. The van der Waals surface area contributed by atoms with Gasteiger partial charge in [-0.1, -0.05) is 5.98 Å². The van der Waals surface area contributed by atoms with Crippen LogP contribution in [-0.2, 0) is 4.65 Å². The third kappa shape index (κ3) is 6.14. The summed E-state index contributed by atoms with van der Waals surface area (Å²) >= 11 is 0. The van der Waals surface area contributed by atoms with E-state index < -0.39 is 0 Å². The maximum Gasteiger partial charge on any atom is 0.322 e. The molecular weight excluding hydrogens is 139 g/mol. The fourth-order valence-corrected chi connectivity index (χ4v) is 0.992. The second-order valence-electron chi connectivity index (χ2n) is 3.30. The summed E-state index contributed by atoms with van der Waals surface area (Å²) in [6, 6.07) is 0. The summed E-state index contributed by atoms with van der Waals surface area (Å²) in [7, 11) is 1.54. The number of hydrogen-bond donors (Lipinski definition) is 1. The quantitative estimate of drug-likeness (QED) is 0.606. The first-order valence-electron chi connectivity index (χ1n) is 3.78. The molecule has 0 saturated carbocycles. The molecule has 2 nitrogen and oxygen atoms in total. The third-order valence-electron chi connectivity index (χ3n) is 1.27. The zero-order valence-electron chi connectivity index (χ0n) is 7.50. The van der Waals surface area contributed by atoms with Crippen LogP contribution in [-0.4, -0.2) is 24.3 Å². The molecule has 1 unspecified atom stereocenters. The Hall–Kier alpha value is -0.275. The van der Waals surface area contributed by atoms with Crippen LogP contribution in [0.25, 0.3) is 0 Å². The minimum absolute atomic E-state index is 0.303. The molecule has 0 rings (SSSR count). The normalized spacial score (nSPS) is 14.2. The Bertz CT molecular complexity index is 121. The molecule has 0 saturated heterocycles. The molecule has 0 amide bonds. The van der Waals surface area contributed by atoms with E-state index in [0.717, 1.165) is 0 Å². The van der Waals surface area contributed by atoms with Gasteiger partial charge < -0.3 is 9.76 Å². The molecule has 0 aromatic carbocycles. The highest BCUT2D eigenvalue weighted by Gasteiger charge is 2.19. The second kappa shape index (κ2) is 4.57. The first kappa shape index (κ1) is 10.7. The van der Waals surface area contributed by atoms with Crippen molar-refractivity contribution in [3.05, 3.63) is 12.6 Å². The lowest BCUT2D eigenvalue weighted by atomic mass is 9.95. The van der Waals surface area contributed by atoms with Gasteiger partial charge in [-0.25, -0.2) is 0 Å². The Morgan fingerprint density at radius 1 is 1.73 bits per heavy atom. The van der Waals surface area contributed by atoms with E-state index in [1.165, 1.54) is 0 Å². The van der Waals surface area contributed by atoms with Crippen molar-refractivity contribution in [1.29, 1.82) is 0 Å². The Labute approximate surface area is 69.5 Å². The molecule has 11 heavy (non-hydrogen) atoms. The fraction of sp³-hybridized carbons (Fsp3) is 0.750. The summed E-state index contributed by atoms with van der Waals surface area (Å²) in [5.74, 6) is 1.59. The van der Waals surface area contributed by atoms with Gasteiger partial charge in [-0.05, 0) is 27.2 Å². The summed E-state index contributed by atoms with van der Waals surface area (Å²) in [6.45, 7) is 9.11. The summed E-state index contributed by atoms with van der Waals surface area (Å²) in [5.41, 5.74) is -0.303. The Morgan fingerprint density at radius 2 is 2.27 bits per heavy atom. The van der Waals surface area contributed by atoms with Gasteiger partial charge in [0.05, 0.1) is 6.10 Å². The summed E-state index contributed by atoms with van der Waals surface area (Å²) in [5, 5.41) is 9.07. The highest BCUT2D eigenvalue weighted by Crippen LogP contribution is 2.15. The lowest BCUT2D eigenvalue weighted by molar-refractivity contribution is 0.0499. The summed E-state index contributed by atoms with van der Waals surface area (Å²) in [4.78, 5) is 0. The highest BCUT2D eigenvalue weighted by atomic mass is 16.5. The maximum atomic E-state index is 9.07. The first-order valence-corrected chi connectivity index (χ1v) is 3.78. The van der Waals surface area contributed by atoms with Crippen molar-refractivity contribution in [3.63, 3.8) is 0 Å². The molecule has 1 atom stereocenters. The number of hydrogen-bond acceptors (Lipinski definition) is 2. The van der Waals surface area contributed by atoms with Gasteiger partial charge in [-0.2, -0.15) is 0 Å². The fourth-order valence-electron chi connectivity index (χ4n) is 0.992. The summed E-state index contributed by atoms with van der Waals surface area (Å²) < 4.78 is 5.29. The molecule has 1 N–H and O–H groups in total. The van der Waals surface area contributed by atoms with Crippen molar-refractivity contribution < 1.29 is 9.76 Å². The van der Waals surface area contributed by atoms with Gasteiger partial charge in [0.2, 0.25) is 0 Å². The van der Waals surface area contributed by atoms with E-state index in [0.29, 0.717) is 6.42 Å². The van der Waals surface area contributed by atoms with Crippen LogP contribution in [0.1, 0.15) is 27.2 Å². The van der Waals surface area contributed by atoms with Crippen LogP contribution in [0.15, 0.2) is 12.6 Å². The predicted octanol–water partition coefficient (Wildman–Crippen LogP) is 1.32. The molecule has 0 aliphatic carbocycles. The van der Waals surface area contributed by atoms with Gasteiger partial charge in [-0.15, -0.1) is 6.58 Å². The third-order valence-corrected chi connectivity index (χ3v) is 1.27. The molecule has 0 bridgehead atoms. The molecule has 3 heteroatoms. The van der Waals surface area contributed by atoms with Gasteiger partial charge in [0.15, 0.2) is 0 Å². The van der Waals surface area contributed by atoms with E-state index in [1.807, 2.05) is 13.8 Å². The average Bonchev–Trinajstić information content (AvgIpc) is 1.81. The van der Waals surface area contributed by atoms with E-state index in [9.17, 15) is 0 Å². The lowest BCUT2D eigenvalue weighted by Crippen LogP contribution is -2.30. The minimum Gasteiger partial charge on any atom is -0.430 e. The van der Waals surface area contributed by atoms with Crippen LogP contribution >= 0.6 is 0 Å². The Balaban J connectivity index is 3.69. The second-order valence-corrected chi connectivity index (χ2v) is 3.30. The largest absolute Gasteiger partial charge is 0.430 e. The van der Waals surface area contributed by atoms with Crippen molar-refractivity contribution in [2.24, 2.45) is 0 Å². The van der Waals surface area contributed by atoms with Crippen molar-refractivity contribution >= 4 is 7.48 Å². The van der Waals surface area contributed by atoms with Gasteiger partial charge in [0, 0.05) is 5.60 Å². The zero-order chi connectivity index (χ0) is 8.91. The van der Waals surface area contributed by atoms with Gasteiger partial charge in [0.25, 0.3) is 0 Å². The van der Waals surface area contributed by atoms with E-state index in [1.54, 1.807) is 20.4 Å². The number of aliphatic hydroxyl groups excluding tert-OH is 1. The summed E-state index contributed by atoms with van der Waals surface area (Å²) in [6.07, 6.45) is 0.292. The Morgan fingerprint density at radius 3 is 2.64 bits per heavy atom. The van der Waals surface area contributed by atoms with Crippen LogP contribution in [0, 0.1) is 0 Å². The van der Waals surface area contributed by atoms with E-state index >= 15 is 0 Å². The average molecular weight is 155 g/mol. The van der Waals surface area contributed by atoms with Crippen LogP contribution in [0.5, 0.6) is 0 Å². The molecule has 63 valence electrons. The van der Waals surface area contributed by atoms with Crippen molar-refractivity contribution in [2.75, 3.05) is 0 Å². The number of rotatable bonds is 5. The van der Waals surface area contributed by atoms with Crippen LogP contribution in [0.4, 0.5) is 0 Å². The van der Waals surface area contributed by atoms with Crippen LogP contribution in [0.2, 0.25) is 0 Å². The van der Waals surface area contributed by atoms with Gasteiger partial charge >= 0.3 is 7.48 Å². The molecule has 0 aliphatic heterocycles. The van der Waals surface area contributed by atoms with E-state index in [4.69, 9.17) is 9.76 Å². The minimum atomic E-state index is -0.330. The molecule has 0 aliphatic rings. The topological polar surface area (TPSA) is 29.5 Å². The SMILES string of the molecule is C=C[B]OC(C)(C)CC(C)O. The van der Waals surface area contributed by atoms with Crippen molar-refractivity contribution in [2.45, 2.75) is 38.9 Å². The molecule has 0 fully saturated rings. The first-order chi connectivity index (χ1) is 4.98. The highest BCUT2D eigenvalue weighted by molar-refractivity contribution is 6.34. The number of aliphatic hydroxyl groups is 1.